The summed E-state index contributed by atoms with van der Waals surface area (Å²) >= 11 is 6.01. The minimum atomic E-state index is -1.23. The monoisotopic (exact) mass is 330 g/mol. The fourth-order valence-electron chi connectivity index (χ4n) is 2.31. The van der Waals surface area contributed by atoms with Crippen LogP contribution < -0.4 is 10.4 Å². The van der Waals surface area contributed by atoms with Gasteiger partial charge in [0, 0.05) is 29.0 Å². The summed E-state index contributed by atoms with van der Waals surface area (Å²) in [5, 5.41) is 14.6. The largest absolute Gasteiger partial charge is 0.550 e. The second-order valence-electron chi connectivity index (χ2n) is 5.37. The van der Waals surface area contributed by atoms with Crippen molar-refractivity contribution in [3.63, 3.8) is 0 Å². The summed E-state index contributed by atoms with van der Waals surface area (Å²) < 4.78 is 0. The molecule has 0 saturated heterocycles. The first-order chi connectivity index (χ1) is 11.0. The maximum Gasteiger partial charge on any atom is 0.225 e. The van der Waals surface area contributed by atoms with Gasteiger partial charge in [0.2, 0.25) is 5.91 Å². The van der Waals surface area contributed by atoms with Gasteiger partial charge in [-0.1, -0.05) is 48.0 Å². The summed E-state index contributed by atoms with van der Waals surface area (Å²) in [5.74, 6) is -2.48. The Labute approximate surface area is 140 Å². The number of hydrogen-bond donors (Lipinski definition) is 1. The van der Waals surface area contributed by atoms with Gasteiger partial charge in [-0.15, -0.1) is 0 Å². The van der Waals surface area contributed by atoms with E-state index in [0.29, 0.717) is 10.7 Å². The maximum atomic E-state index is 12.1. The van der Waals surface area contributed by atoms with Crippen LogP contribution in [-0.4, -0.2) is 11.9 Å². The topological polar surface area (TPSA) is 69.2 Å². The summed E-state index contributed by atoms with van der Waals surface area (Å²) in [6, 6.07) is 14.4. The van der Waals surface area contributed by atoms with Gasteiger partial charge < -0.3 is 15.2 Å². The summed E-state index contributed by atoms with van der Waals surface area (Å²) in [4.78, 5) is 23.4. The summed E-state index contributed by atoms with van der Waals surface area (Å²) in [6.07, 6.45) is 0.105. The molecule has 2 aromatic rings. The molecule has 0 aromatic heterocycles. The van der Waals surface area contributed by atoms with Crippen LogP contribution in [0.3, 0.4) is 0 Å². The first kappa shape index (κ1) is 17.0. The number of carbonyl (C=O) groups excluding carboxylic acids is 2. The Bertz CT molecular complexity index is 701. The van der Waals surface area contributed by atoms with Crippen LogP contribution in [0.15, 0.2) is 48.5 Å². The number of aliphatic carboxylic acids is 1. The SMILES string of the molecule is Cc1c(Cl)cccc1NC(=O)C[C@H](Cc1ccccc1)C(=O)[O-]. The van der Waals surface area contributed by atoms with Gasteiger partial charge >= 0.3 is 0 Å². The van der Waals surface area contributed by atoms with E-state index in [-0.39, 0.29) is 18.7 Å². The van der Waals surface area contributed by atoms with E-state index >= 15 is 0 Å². The zero-order chi connectivity index (χ0) is 16.8. The third-order valence-corrected chi connectivity index (χ3v) is 4.04. The Balaban J connectivity index is 2.03. The molecule has 2 rings (SSSR count). The molecule has 4 nitrogen and oxygen atoms in total. The second-order valence-corrected chi connectivity index (χ2v) is 5.78. The zero-order valence-electron chi connectivity index (χ0n) is 12.7. The Hall–Kier alpha value is -2.33. The highest BCUT2D eigenvalue weighted by Crippen LogP contribution is 2.23. The lowest BCUT2D eigenvalue weighted by atomic mass is 9.96. The number of nitrogens with one attached hydrogen (secondary N) is 1. The molecule has 0 aliphatic rings. The van der Waals surface area contributed by atoms with Crippen LogP contribution in [0.2, 0.25) is 5.02 Å². The van der Waals surface area contributed by atoms with Crippen molar-refractivity contribution < 1.29 is 14.7 Å². The standard InChI is InChI=1S/C18H18ClNO3/c1-12-15(19)8-5-9-16(12)20-17(21)11-14(18(22)23)10-13-6-3-2-4-7-13/h2-9,14H,10-11H2,1H3,(H,20,21)(H,22,23)/p-1/t14-/m0/s1. The predicted molar refractivity (Wildman–Crippen MR) is 88.1 cm³/mol. The molecule has 0 saturated carbocycles. The summed E-state index contributed by atoms with van der Waals surface area (Å²) in [6.45, 7) is 1.79. The van der Waals surface area contributed by atoms with Crippen molar-refractivity contribution in [2.45, 2.75) is 19.8 Å². The van der Waals surface area contributed by atoms with E-state index in [0.717, 1.165) is 11.1 Å². The number of halogens is 1. The van der Waals surface area contributed by atoms with E-state index in [1.807, 2.05) is 30.3 Å². The van der Waals surface area contributed by atoms with Gasteiger partial charge in [-0.05, 0) is 36.6 Å². The fraction of sp³-hybridized carbons (Fsp3) is 0.222. The lowest BCUT2D eigenvalue weighted by molar-refractivity contribution is -0.311. The summed E-state index contributed by atoms with van der Waals surface area (Å²) in [5.41, 5.74) is 2.18. The normalized spacial score (nSPS) is 11.7. The van der Waals surface area contributed by atoms with Crippen LogP contribution in [0.5, 0.6) is 0 Å². The van der Waals surface area contributed by atoms with Crippen LogP contribution in [-0.2, 0) is 16.0 Å². The first-order valence-corrected chi connectivity index (χ1v) is 7.65. The molecule has 1 N–H and O–H groups in total. The number of carboxylic acids is 1. The molecule has 0 heterocycles. The molecule has 1 atom stereocenters. The van der Waals surface area contributed by atoms with Crippen molar-refractivity contribution in [2.24, 2.45) is 5.92 Å². The average molecular weight is 331 g/mol. The maximum absolute atomic E-state index is 12.1. The minimum Gasteiger partial charge on any atom is -0.550 e. The highest BCUT2D eigenvalue weighted by molar-refractivity contribution is 6.31. The molecule has 0 aliphatic heterocycles. The van der Waals surface area contributed by atoms with Crippen LogP contribution in [0, 0.1) is 12.8 Å². The molecule has 0 fully saturated rings. The van der Waals surface area contributed by atoms with Crippen molar-refractivity contribution in [3.05, 3.63) is 64.7 Å². The van der Waals surface area contributed by atoms with Crippen LogP contribution >= 0.6 is 11.6 Å². The molecule has 120 valence electrons. The van der Waals surface area contributed by atoms with Crippen molar-refractivity contribution in [2.75, 3.05) is 5.32 Å². The lowest BCUT2D eigenvalue weighted by Gasteiger charge is -2.18. The number of anilines is 1. The van der Waals surface area contributed by atoms with E-state index in [9.17, 15) is 14.7 Å². The lowest BCUT2D eigenvalue weighted by Crippen LogP contribution is -2.35. The number of carbonyl (C=O) groups is 2. The third kappa shape index (κ3) is 4.83. The van der Waals surface area contributed by atoms with Gasteiger partial charge in [-0.25, -0.2) is 0 Å². The van der Waals surface area contributed by atoms with Gasteiger partial charge in [-0.2, -0.15) is 0 Å². The summed E-state index contributed by atoms with van der Waals surface area (Å²) in [7, 11) is 0. The number of hydrogen-bond acceptors (Lipinski definition) is 3. The van der Waals surface area contributed by atoms with E-state index in [4.69, 9.17) is 11.6 Å². The molecular weight excluding hydrogens is 314 g/mol. The zero-order valence-corrected chi connectivity index (χ0v) is 13.5. The number of amides is 1. The van der Waals surface area contributed by atoms with Crippen LogP contribution in [0.25, 0.3) is 0 Å². The number of carboxylic acid groups (broad SMARTS) is 1. The van der Waals surface area contributed by atoms with E-state index in [1.54, 1.807) is 25.1 Å². The van der Waals surface area contributed by atoms with Crippen molar-refractivity contribution in [1.29, 1.82) is 0 Å². The highest BCUT2D eigenvalue weighted by atomic mass is 35.5. The predicted octanol–water partition coefficient (Wildman–Crippen LogP) is 2.59. The second kappa shape index (κ2) is 7.79. The Morgan fingerprint density at radius 2 is 1.83 bits per heavy atom. The van der Waals surface area contributed by atoms with Gasteiger partial charge in [0.1, 0.15) is 0 Å². The fourth-order valence-corrected chi connectivity index (χ4v) is 2.48. The Morgan fingerprint density at radius 3 is 2.48 bits per heavy atom. The van der Waals surface area contributed by atoms with Gasteiger partial charge in [0.05, 0.1) is 0 Å². The van der Waals surface area contributed by atoms with Crippen molar-refractivity contribution in [1.82, 2.24) is 0 Å². The van der Waals surface area contributed by atoms with E-state index in [1.165, 1.54) is 0 Å². The van der Waals surface area contributed by atoms with Gasteiger partial charge in [0.15, 0.2) is 0 Å². The van der Waals surface area contributed by atoms with Crippen molar-refractivity contribution >= 4 is 29.2 Å². The molecule has 0 aliphatic carbocycles. The quantitative estimate of drug-likeness (QED) is 0.885. The third-order valence-electron chi connectivity index (χ3n) is 3.63. The highest BCUT2D eigenvalue weighted by Gasteiger charge is 2.17. The molecule has 0 radical (unpaired) electrons. The molecule has 0 unspecified atom stereocenters. The Kier molecular flexibility index (Phi) is 5.77. The average Bonchev–Trinajstić information content (AvgIpc) is 2.52. The van der Waals surface area contributed by atoms with Crippen LogP contribution in [0.4, 0.5) is 5.69 Å². The van der Waals surface area contributed by atoms with E-state index in [2.05, 4.69) is 5.32 Å². The molecule has 0 bridgehead atoms. The molecule has 2 aromatic carbocycles. The molecule has 1 amide bonds. The smallest absolute Gasteiger partial charge is 0.225 e. The van der Waals surface area contributed by atoms with Gasteiger partial charge in [-0.3, -0.25) is 4.79 Å². The molecular formula is C18H17ClNO3-. The Morgan fingerprint density at radius 1 is 1.13 bits per heavy atom. The first-order valence-electron chi connectivity index (χ1n) is 7.27. The molecule has 0 spiro atoms. The molecule has 5 heteroatoms. The van der Waals surface area contributed by atoms with E-state index < -0.39 is 11.9 Å². The number of benzene rings is 2. The van der Waals surface area contributed by atoms with Crippen LogP contribution in [0.1, 0.15) is 17.5 Å². The van der Waals surface area contributed by atoms with Crippen molar-refractivity contribution in [3.8, 4) is 0 Å². The minimum absolute atomic E-state index is 0.150. The van der Waals surface area contributed by atoms with Gasteiger partial charge in [0.25, 0.3) is 0 Å². The molecule has 23 heavy (non-hydrogen) atoms. The number of rotatable bonds is 6.